The molecule has 0 aliphatic rings. The van der Waals surface area contributed by atoms with Crippen LogP contribution in [0.2, 0.25) is 0 Å². The molecule has 0 heterocycles. The van der Waals surface area contributed by atoms with Gasteiger partial charge in [0.2, 0.25) is 0 Å². The Hall–Kier alpha value is -2.83. The van der Waals surface area contributed by atoms with Gasteiger partial charge in [0.1, 0.15) is 0 Å². The summed E-state index contributed by atoms with van der Waals surface area (Å²) in [6, 6.07) is 7.19. The molecule has 0 aliphatic heterocycles. The molecule has 0 aliphatic carbocycles. The summed E-state index contributed by atoms with van der Waals surface area (Å²) in [7, 11) is 3.83. The second-order valence-corrected chi connectivity index (χ2v) is 4.68. The molecule has 23 heavy (non-hydrogen) atoms. The number of carbonyl (C=O) groups is 3. The number of nitrogens with one attached hydrogen (secondary N) is 1. The molecule has 124 valence electrons. The van der Waals surface area contributed by atoms with Gasteiger partial charge in [-0.3, -0.25) is 4.79 Å². The zero-order valence-electron chi connectivity index (χ0n) is 13.4. The van der Waals surface area contributed by atoms with Gasteiger partial charge in [0.05, 0.1) is 6.61 Å². The minimum absolute atomic E-state index is 0.216. The van der Waals surface area contributed by atoms with Crippen LogP contribution in [0.25, 0.3) is 0 Å². The van der Waals surface area contributed by atoms with Crippen molar-refractivity contribution in [2.24, 2.45) is 0 Å². The van der Waals surface area contributed by atoms with Crippen molar-refractivity contribution in [3.63, 3.8) is 0 Å². The molecular weight excluding hydrogens is 300 g/mol. The van der Waals surface area contributed by atoms with Crippen molar-refractivity contribution in [2.45, 2.75) is 6.92 Å². The third-order valence-corrected chi connectivity index (χ3v) is 2.66. The van der Waals surface area contributed by atoms with Crippen molar-refractivity contribution in [1.29, 1.82) is 0 Å². The Balaban J connectivity index is 2.39. The number of carbonyl (C=O) groups excluding carboxylic acids is 3. The lowest BCUT2D eigenvalue weighted by molar-refractivity contribution is -0.143. The number of amides is 1. The second kappa shape index (κ2) is 9.24. The number of nitrogens with zero attached hydrogens (tertiary/aromatic N) is 1. The lowest BCUT2D eigenvalue weighted by Crippen LogP contribution is -2.20. The van der Waals surface area contributed by atoms with Crippen LogP contribution in [-0.2, 0) is 23.9 Å². The minimum atomic E-state index is -0.795. The van der Waals surface area contributed by atoms with Gasteiger partial charge in [0, 0.05) is 37.6 Å². The van der Waals surface area contributed by atoms with Gasteiger partial charge in [-0.05, 0) is 31.2 Å². The molecule has 1 N–H and O–H groups in total. The van der Waals surface area contributed by atoms with Crippen LogP contribution in [0.3, 0.4) is 0 Å². The molecule has 0 fully saturated rings. The van der Waals surface area contributed by atoms with E-state index in [9.17, 15) is 14.4 Å². The first-order chi connectivity index (χ1) is 10.9. The van der Waals surface area contributed by atoms with Crippen molar-refractivity contribution in [3.05, 3.63) is 36.4 Å². The smallest absolute Gasteiger partial charge is 0.331 e. The van der Waals surface area contributed by atoms with Gasteiger partial charge in [-0.15, -0.1) is 0 Å². The predicted octanol–water partition coefficient (Wildman–Crippen LogP) is 1.35. The van der Waals surface area contributed by atoms with E-state index in [4.69, 9.17) is 4.74 Å². The lowest BCUT2D eigenvalue weighted by atomic mass is 10.2. The fraction of sp³-hybridized carbons (Fsp3) is 0.312. The first kappa shape index (κ1) is 18.2. The average molecular weight is 320 g/mol. The van der Waals surface area contributed by atoms with Crippen molar-refractivity contribution in [1.82, 2.24) is 0 Å². The van der Waals surface area contributed by atoms with Crippen molar-refractivity contribution >= 4 is 29.2 Å². The zero-order valence-corrected chi connectivity index (χ0v) is 13.4. The molecule has 0 unspecified atom stereocenters. The van der Waals surface area contributed by atoms with E-state index in [0.717, 1.165) is 17.8 Å². The maximum Gasteiger partial charge on any atom is 0.331 e. The quantitative estimate of drug-likeness (QED) is 0.603. The Labute approximate surface area is 134 Å². The van der Waals surface area contributed by atoms with Crippen LogP contribution in [0.5, 0.6) is 0 Å². The molecule has 0 aromatic heterocycles. The minimum Gasteiger partial charge on any atom is -0.463 e. The van der Waals surface area contributed by atoms with Crippen molar-refractivity contribution < 1.29 is 23.9 Å². The summed E-state index contributed by atoms with van der Waals surface area (Å²) in [5.74, 6) is -1.91. The molecule has 0 atom stereocenters. The largest absolute Gasteiger partial charge is 0.463 e. The molecule has 0 radical (unpaired) electrons. The first-order valence-electron chi connectivity index (χ1n) is 7.01. The van der Waals surface area contributed by atoms with Gasteiger partial charge in [0.15, 0.2) is 6.61 Å². The standard InChI is InChI=1S/C16H20N2O5/c1-4-22-15(20)9-10-16(21)23-11-14(19)17-12-5-7-13(8-6-12)18(2)3/h5-10H,4,11H2,1-3H3,(H,17,19)/b10-9+. The van der Waals surface area contributed by atoms with Gasteiger partial charge < -0.3 is 19.7 Å². The number of rotatable bonds is 7. The van der Waals surface area contributed by atoms with Crippen LogP contribution < -0.4 is 10.2 Å². The van der Waals surface area contributed by atoms with Crippen LogP contribution in [0, 0.1) is 0 Å². The Morgan fingerprint density at radius 1 is 1.04 bits per heavy atom. The van der Waals surface area contributed by atoms with Crippen molar-refractivity contribution in [3.8, 4) is 0 Å². The Kier molecular flexibility index (Phi) is 7.32. The molecular formula is C16H20N2O5. The molecule has 1 aromatic rings. The molecule has 0 saturated carbocycles. The number of hydrogen-bond acceptors (Lipinski definition) is 6. The maximum absolute atomic E-state index is 11.7. The number of anilines is 2. The number of esters is 2. The average Bonchev–Trinajstić information content (AvgIpc) is 2.51. The zero-order chi connectivity index (χ0) is 17.2. The Morgan fingerprint density at radius 3 is 2.13 bits per heavy atom. The highest BCUT2D eigenvalue weighted by atomic mass is 16.5. The highest BCUT2D eigenvalue weighted by Crippen LogP contribution is 2.15. The molecule has 7 heteroatoms. The van der Waals surface area contributed by atoms with Crippen LogP contribution in [0.4, 0.5) is 11.4 Å². The van der Waals surface area contributed by atoms with E-state index in [1.165, 1.54) is 0 Å². The highest BCUT2D eigenvalue weighted by molar-refractivity contribution is 5.95. The van der Waals surface area contributed by atoms with Crippen LogP contribution >= 0.6 is 0 Å². The Morgan fingerprint density at radius 2 is 1.61 bits per heavy atom. The predicted molar refractivity (Wildman–Crippen MR) is 86.1 cm³/mol. The normalized spacial score (nSPS) is 10.2. The van der Waals surface area contributed by atoms with Crippen molar-refractivity contribution in [2.75, 3.05) is 37.5 Å². The number of hydrogen-bond donors (Lipinski definition) is 1. The summed E-state index contributed by atoms with van der Waals surface area (Å²) in [5, 5.41) is 2.60. The van der Waals surface area contributed by atoms with E-state index in [0.29, 0.717) is 5.69 Å². The maximum atomic E-state index is 11.7. The van der Waals surface area contributed by atoms with E-state index in [1.807, 2.05) is 31.1 Å². The van der Waals surface area contributed by atoms with Gasteiger partial charge in [-0.25, -0.2) is 9.59 Å². The van der Waals surface area contributed by atoms with Gasteiger partial charge in [-0.1, -0.05) is 0 Å². The molecule has 1 rings (SSSR count). The van der Waals surface area contributed by atoms with Crippen LogP contribution in [-0.4, -0.2) is 45.2 Å². The summed E-state index contributed by atoms with van der Waals surface area (Å²) in [4.78, 5) is 35.9. The third kappa shape index (κ3) is 7.12. The number of ether oxygens (including phenoxy) is 2. The molecule has 1 amide bonds. The van der Waals surface area contributed by atoms with E-state index in [1.54, 1.807) is 19.1 Å². The van der Waals surface area contributed by atoms with E-state index in [-0.39, 0.29) is 6.61 Å². The molecule has 0 bridgehead atoms. The summed E-state index contributed by atoms with van der Waals surface area (Å²) < 4.78 is 9.32. The topological polar surface area (TPSA) is 84.9 Å². The SMILES string of the molecule is CCOC(=O)/C=C/C(=O)OCC(=O)Nc1ccc(N(C)C)cc1. The Bertz CT molecular complexity index is 579. The second-order valence-electron chi connectivity index (χ2n) is 4.68. The molecule has 7 nitrogen and oxygen atoms in total. The van der Waals surface area contributed by atoms with Crippen LogP contribution in [0.15, 0.2) is 36.4 Å². The van der Waals surface area contributed by atoms with Crippen LogP contribution in [0.1, 0.15) is 6.92 Å². The monoisotopic (exact) mass is 320 g/mol. The molecule has 1 aromatic carbocycles. The van der Waals surface area contributed by atoms with Gasteiger partial charge in [0.25, 0.3) is 5.91 Å². The fourth-order valence-corrected chi connectivity index (χ4v) is 1.55. The van der Waals surface area contributed by atoms with Gasteiger partial charge in [-0.2, -0.15) is 0 Å². The highest BCUT2D eigenvalue weighted by Gasteiger charge is 2.06. The van der Waals surface area contributed by atoms with E-state index >= 15 is 0 Å². The summed E-state index contributed by atoms with van der Waals surface area (Å²) >= 11 is 0. The third-order valence-electron chi connectivity index (χ3n) is 2.66. The molecule has 0 saturated heterocycles. The molecule has 0 spiro atoms. The number of benzene rings is 1. The van der Waals surface area contributed by atoms with E-state index in [2.05, 4.69) is 10.1 Å². The summed E-state index contributed by atoms with van der Waals surface area (Å²) in [6.45, 7) is 1.42. The lowest BCUT2D eigenvalue weighted by Gasteiger charge is -2.13. The fourth-order valence-electron chi connectivity index (χ4n) is 1.55. The summed E-state index contributed by atoms with van der Waals surface area (Å²) in [5.41, 5.74) is 1.59. The first-order valence-corrected chi connectivity index (χ1v) is 7.01. The van der Waals surface area contributed by atoms with E-state index < -0.39 is 24.5 Å². The van der Waals surface area contributed by atoms with Gasteiger partial charge >= 0.3 is 11.9 Å². The summed E-state index contributed by atoms with van der Waals surface area (Å²) in [6.07, 6.45) is 1.86.